The van der Waals surface area contributed by atoms with Crippen molar-refractivity contribution in [3.8, 4) is 0 Å². The number of carbonyl (C=O) groups is 2. The maximum absolute atomic E-state index is 12.4. The average molecular weight is 355 g/mol. The molecule has 1 fully saturated rings. The molecule has 0 radical (unpaired) electrons. The second-order valence-corrected chi connectivity index (χ2v) is 7.39. The quantitative estimate of drug-likeness (QED) is 0.684. The molecule has 0 atom stereocenters. The van der Waals surface area contributed by atoms with Gasteiger partial charge in [0.25, 0.3) is 11.1 Å². The Balaban J connectivity index is 1.88. The van der Waals surface area contributed by atoms with Gasteiger partial charge in [-0.1, -0.05) is 55.1 Å². The Morgan fingerprint density at radius 1 is 1.04 bits per heavy atom. The summed E-state index contributed by atoms with van der Waals surface area (Å²) in [4.78, 5) is 28.4. The number of imide groups is 1. The van der Waals surface area contributed by atoms with Gasteiger partial charge in [0.15, 0.2) is 0 Å². The number of thioether (sulfide) groups is 1. The van der Waals surface area contributed by atoms with E-state index in [1.165, 1.54) is 4.90 Å². The first-order valence-electron chi connectivity index (χ1n) is 7.76. The highest BCUT2D eigenvalue weighted by molar-refractivity contribution is 8.18. The first-order chi connectivity index (χ1) is 11.7. The lowest BCUT2D eigenvalue weighted by Gasteiger charge is -2.10. The molecule has 1 heterocycles. The van der Waals surface area contributed by atoms with E-state index in [-0.39, 0.29) is 11.1 Å². The van der Waals surface area contributed by atoms with Gasteiger partial charge in [-0.3, -0.25) is 14.5 Å². The Bertz CT molecular complexity index is 787. The van der Waals surface area contributed by atoms with Gasteiger partial charge in [0.1, 0.15) is 0 Å². The average Bonchev–Trinajstić information content (AvgIpc) is 2.85. The van der Waals surface area contributed by atoms with Gasteiger partial charge in [0, 0.05) is 16.3 Å². The highest BCUT2D eigenvalue weighted by Gasteiger charge is 2.34. The fourth-order valence-corrected chi connectivity index (χ4v) is 4.16. The molecule has 3 rings (SSSR count). The van der Waals surface area contributed by atoms with Crippen LogP contribution in [0.3, 0.4) is 0 Å². The number of carbonyl (C=O) groups excluding carboxylic acids is 2. The third kappa shape index (κ3) is 3.74. The van der Waals surface area contributed by atoms with Crippen LogP contribution in [0.4, 0.5) is 4.79 Å². The van der Waals surface area contributed by atoms with Crippen LogP contribution in [0.1, 0.15) is 18.9 Å². The maximum atomic E-state index is 12.4. The second-order valence-electron chi connectivity index (χ2n) is 5.29. The fraction of sp³-hybridized carbons (Fsp3) is 0.158. The van der Waals surface area contributed by atoms with E-state index < -0.39 is 0 Å². The van der Waals surface area contributed by atoms with Crippen LogP contribution in [0.25, 0.3) is 6.08 Å². The van der Waals surface area contributed by atoms with Crippen molar-refractivity contribution >= 4 is 40.7 Å². The molecule has 24 heavy (non-hydrogen) atoms. The van der Waals surface area contributed by atoms with Crippen LogP contribution in [0.2, 0.25) is 0 Å². The number of hydrogen-bond donors (Lipinski definition) is 0. The topological polar surface area (TPSA) is 37.4 Å². The van der Waals surface area contributed by atoms with Gasteiger partial charge in [-0.25, -0.2) is 0 Å². The van der Waals surface area contributed by atoms with Crippen LogP contribution in [0.15, 0.2) is 69.3 Å². The van der Waals surface area contributed by atoms with E-state index in [0.29, 0.717) is 11.4 Å². The molecule has 0 unspecified atom stereocenters. The highest BCUT2D eigenvalue weighted by Crippen LogP contribution is 2.36. The summed E-state index contributed by atoms with van der Waals surface area (Å²) in [5, 5.41) is -0.179. The van der Waals surface area contributed by atoms with Crippen molar-refractivity contribution in [2.45, 2.75) is 23.1 Å². The summed E-state index contributed by atoms with van der Waals surface area (Å²) in [7, 11) is 0. The predicted molar refractivity (Wildman–Crippen MR) is 100.0 cm³/mol. The van der Waals surface area contributed by atoms with Crippen LogP contribution in [0.5, 0.6) is 0 Å². The van der Waals surface area contributed by atoms with Gasteiger partial charge in [-0.15, -0.1) is 0 Å². The third-order valence-electron chi connectivity index (χ3n) is 3.50. The zero-order chi connectivity index (χ0) is 16.9. The van der Waals surface area contributed by atoms with Crippen molar-refractivity contribution in [1.29, 1.82) is 0 Å². The molecule has 2 aromatic rings. The smallest absolute Gasteiger partial charge is 0.268 e. The Morgan fingerprint density at radius 2 is 1.75 bits per heavy atom. The van der Waals surface area contributed by atoms with E-state index in [9.17, 15) is 9.59 Å². The van der Waals surface area contributed by atoms with Gasteiger partial charge in [0.05, 0.1) is 4.91 Å². The molecular weight excluding hydrogens is 338 g/mol. The van der Waals surface area contributed by atoms with E-state index in [1.54, 1.807) is 11.8 Å². The zero-order valence-corrected chi connectivity index (χ0v) is 14.9. The summed E-state index contributed by atoms with van der Waals surface area (Å²) < 4.78 is 0. The van der Waals surface area contributed by atoms with Gasteiger partial charge < -0.3 is 0 Å². The lowest BCUT2D eigenvalue weighted by Crippen LogP contribution is -2.28. The van der Waals surface area contributed by atoms with Crippen LogP contribution in [-0.2, 0) is 4.79 Å². The SMILES string of the molecule is CCCN1C(=O)S/C(=C\c2ccccc2Sc2ccccc2)C1=O. The summed E-state index contributed by atoms with van der Waals surface area (Å²) in [5.74, 6) is -0.189. The van der Waals surface area contributed by atoms with Crippen molar-refractivity contribution in [2.75, 3.05) is 6.54 Å². The maximum Gasteiger partial charge on any atom is 0.293 e. The van der Waals surface area contributed by atoms with Crippen LogP contribution < -0.4 is 0 Å². The van der Waals surface area contributed by atoms with Gasteiger partial charge in [0.2, 0.25) is 0 Å². The minimum Gasteiger partial charge on any atom is -0.268 e. The Hall–Kier alpha value is -1.98. The molecule has 0 spiro atoms. The van der Waals surface area contributed by atoms with Gasteiger partial charge in [-0.2, -0.15) is 0 Å². The number of nitrogens with zero attached hydrogens (tertiary/aromatic N) is 1. The largest absolute Gasteiger partial charge is 0.293 e. The molecule has 122 valence electrons. The first-order valence-corrected chi connectivity index (χ1v) is 9.39. The molecule has 3 nitrogen and oxygen atoms in total. The standard InChI is InChI=1S/C19H17NO2S2/c1-2-12-20-18(21)17(24-19(20)22)13-14-8-6-7-11-16(14)23-15-9-4-3-5-10-15/h3-11,13H,2,12H2,1H3/b17-13-. The molecule has 5 heteroatoms. The Morgan fingerprint density at radius 3 is 2.50 bits per heavy atom. The number of amides is 2. The highest BCUT2D eigenvalue weighted by atomic mass is 32.2. The summed E-state index contributed by atoms with van der Waals surface area (Å²) >= 11 is 2.67. The Labute approximate surface area is 150 Å². The normalized spacial score (nSPS) is 16.2. The predicted octanol–water partition coefficient (Wildman–Crippen LogP) is 5.28. The number of benzene rings is 2. The lowest BCUT2D eigenvalue weighted by molar-refractivity contribution is -0.122. The minimum atomic E-state index is -0.189. The third-order valence-corrected chi connectivity index (χ3v) is 5.50. The monoisotopic (exact) mass is 355 g/mol. The van der Waals surface area contributed by atoms with Crippen molar-refractivity contribution < 1.29 is 9.59 Å². The fourth-order valence-electron chi connectivity index (χ4n) is 2.37. The summed E-state index contributed by atoms with van der Waals surface area (Å²) in [5.41, 5.74) is 0.952. The molecule has 0 aliphatic carbocycles. The first kappa shape index (κ1) is 16.9. The van der Waals surface area contributed by atoms with Gasteiger partial charge >= 0.3 is 0 Å². The van der Waals surface area contributed by atoms with E-state index in [4.69, 9.17) is 0 Å². The number of rotatable bonds is 5. The minimum absolute atomic E-state index is 0.179. The summed E-state index contributed by atoms with van der Waals surface area (Å²) in [6.45, 7) is 2.43. The molecule has 1 aliphatic heterocycles. The van der Waals surface area contributed by atoms with Crippen LogP contribution in [0, 0.1) is 0 Å². The van der Waals surface area contributed by atoms with E-state index in [2.05, 4.69) is 12.1 Å². The summed E-state index contributed by atoms with van der Waals surface area (Å²) in [6.07, 6.45) is 2.59. The summed E-state index contributed by atoms with van der Waals surface area (Å²) in [6, 6.07) is 18.0. The molecule has 1 saturated heterocycles. The molecule has 2 aromatic carbocycles. The lowest BCUT2D eigenvalue weighted by atomic mass is 10.2. The molecular formula is C19H17NO2S2. The molecule has 1 aliphatic rings. The van der Waals surface area contributed by atoms with Crippen LogP contribution >= 0.6 is 23.5 Å². The van der Waals surface area contributed by atoms with Crippen molar-refractivity contribution in [1.82, 2.24) is 4.90 Å². The number of hydrogen-bond acceptors (Lipinski definition) is 4. The van der Waals surface area contributed by atoms with E-state index >= 15 is 0 Å². The van der Waals surface area contributed by atoms with Gasteiger partial charge in [-0.05, 0) is 48.0 Å². The van der Waals surface area contributed by atoms with Crippen molar-refractivity contribution in [3.63, 3.8) is 0 Å². The Kier molecular flexibility index (Phi) is 5.43. The zero-order valence-electron chi connectivity index (χ0n) is 13.3. The van der Waals surface area contributed by atoms with E-state index in [1.807, 2.05) is 55.5 Å². The van der Waals surface area contributed by atoms with Crippen molar-refractivity contribution in [3.05, 3.63) is 65.1 Å². The van der Waals surface area contributed by atoms with Crippen molar-refractivity contribution in [2.24, 2.45) is 0 Å². The molecule has 0 aromatic heterocycles. The molecule has 2 amide bonds. The molecule has 0 N–H and O–H groups in total. The van der Waals surface area contributed by atoms with Crippen LogP contribution in [-0.4, -0.2) is 22.6 Å². The van der Waals surface area contributed by atoms with E-state index in [0.717, 1.165) is 33.5 Å². The molecule has 0 saturated carbocycles. The molecule has 0 bridgehead atoms. The second kappa shape index (κ2) is 7.73.